The van der Waals surface area contributed by atoms with Crippen LogP contribution in [0.4, 0.5) is 0 Å². The number of halogens is 3. The number of carbonyl (C=O) groups is 4. The van der Waals surface area contributed by atoms with Crippen molar-refractivity contribution in [3.8, 4) is 57.5 Å². The Morgan fingerprint density at radius 3 is 1.34 bits per heavy atom. The number of hydrogen-bond donors (Lipinski definition) is 5. The second-order valence-electron chi connectivity index (χ2n) is 33.3. The SMILES string of the molecule is C.C=C1CC(C(C)=O)N(C)C1.COc1cc(O)ccc1C=O.COc1cc(O[Si](C)(C)C(C)(C)C)c(Cl)cc1/C(Cl)=N/O.COc1cc(O[Si](C)(C)C(C)(C)C)c(Cl)cc1C1=NOC2(C1)CC(C(C)=O)N(C)C2.COc1cc(O[Si](C)(C)C(C)(C)C)ccc1/C=N/O.COc1cc(O[Si](C)(C)C(C)(C)C)ccc1C=O.NO. The van der Waals surface area contributed by atoms with E-state index in [1.807, 2.05) is 60.3 Å². The first kappa shape index (κ1) is 103. The molecule has 112 heavy (non-hydrogen) atoms. The summed E-state index contributed by atoms with van der Waals surface area (Å²) in [6.45, 7) is 52.2. The van der Waals surface area contributed by atoms with Crippen LogP contribution in [-0.2, 0) is 14.4 Å². The van der Waals surface area contributed by atoms with E-state index in [1.165, 1.54) is 44.2 Å². The van der Waals surface area contributed by atoms with E-state index in [9.17, 15) is 19.2 Å². The number of Topliss-reactive ketones (excluding diaryl/α,β-unsaturated/α-hetero) is 2. The zero-order chi connectivity index (χ0) is 85.6. The third-order valence-electron chi connectivity index (χ3n) is 20.8. The minimum atomic E-state index is -2.05. The fraction of sp³-hybridized carbons (Fsp3) is 0.519. The summed E-state index contributed by atoms with van der Waals surface area (Å²) in [5, 5.41) is 44.4. The fourth-order valence-corrected chi connectivity index (χ4v) is 15.0. The number of oxime groups is 3. The quantitative estimate of drug-likeness (QED) is 0.0121. The summed E-state index contributed by atoms with van der Waals surface area (Å²) in [7, 11) is 3.86. The van der Waals surface area contributed by atoms with E-state index in [4.69, 9.17) is 102 Å². The van der Waals surface area contributed by atoms with Crippen molar-refractivity contribution in [2.24, 2.45) is 21.4 Å². The van der Waals surface area contributed by atoms with Crippen molar-refractivity contribution in [2.75, 3.05) is 62.7 Å². The van der Waals surface area contributed by atoms with Crippen LogP contribution in [0.15, 0.2) is 106 Å². The zero-order valence-corrected chi connectivity index (χ0v) is 76.9. The van der Waals surface area contributed by atoms with Gasteiger partial charge >= 0.3 is 0 Å². The van der Waals surface area contributed by atoms with Crippen LogP contribution < -0.4 is 47.3 Å². The molecule has 0 bridgehead atoms. The van der Waals surface area contributed by atoms with Gasteiger partial charge in [-0.05, 0) is 155 Å². The maximum atomic E-state index is 11.9. The third-order valence-corrected chi connectivity index (χ3v) is 39.1. The van der Waals surface area contributed by atoms with Gasteiger partial charge in [0.1, 0.15) is 69.1 Å². The number of ketones is 2. The zero-order valence-electron chi connectivity index (χ0n) is 70.6. The molecule has 0 saturated carbocycles. The summed E-state index contributed by atoms with van der Waals surface area (Å²) in [5.74, 6) is 9.41. The Morgan fingerprint density at radius 1 is 0.580 bits per heavy atom. The first-order valence-electron chi connectivity index (χ1n) is 35.9. The van der Waals surface area contributed by atoms with Gasteiger partial charge in [-0.25, -0.2) is 5.90 Å². The number of benzene rings is 5. The lowest BCUT2D eigenvalue weighted by molar-refractivity contribution is -0.121. The van der Waals surface area contributed by atoms with Gasteiger partial charge in [0.2, 0.25) is 16.6 Å². The Hall–Kier alpha value is -7.49. The second kappa shape index (κ2) is 43.3. The smallest absolute Gasteiger partial charge is 0.250 e. The van der Waals surface area contributed by atoms with Crippen LogP contribution in [-0.4, -0.2) is 185 Å². The summed E-state index contributed by atoms with van der Waals surface area (Å²) < 4.78 is 51.2. The Morgan fingerprint density at radius 2 is 0.973 bits per heavy atom. The predicted octanol–water partition coefficient (Wildman–Crippen LogP) is 19.8. The monoisotopic (exact) mass is 1690 g/mol. The van der Waals surface area contributed by atoms with Gasteiger partial charge in [-0.3, -0.25) is 29.0 Å². The molecule has 6 N–H and O–H groups in total. The average molecular weight is 1690 g/mol. The van der Waals surface area contributed by atoms with Crippen molar-refractivity contribution in [2.45, 2.75) is 214 Å². The highest BCUT2D eigenvalue weighted by molar-refractivity contribution is 6.76. The van der Waals surface area contributed by atoms with Gasteiger partial charge in [-0.2, -0.15) is 0 Å². The van der Waals surface area contributed by atoms with Crippen molar-refractivity contribution in [3.63, 3.8) is 0 Å². The van der Waals surface area contributed by atoms with Gasteiger partial charge in [-0.1, -0.05) is 153 Å². The molecule has 31 heteroatoms. The molecule has 8 rings (SSSR count). The van der Waals surface area contributed by atoms with Crippen molar-refractivity contribution < 1.29 is 86.1 Å². The fourth-order valence-electron chi connectivity index (χ4n) is 10.2. The first-order valence-corrected chi connectivity index (χ1v) is 48.7. The molecule has 3 aliphatic heterocycles. The molecule has 3 atom stereocenters. The van der Waals surface area contributed by atoms with Crippen LogP contribution in [0.3, 0.4) is 0 Å². The van der Waals surface area contributed by atoms with Crippen molar-refractivity contribution in [3.05, 3.63) is 129 Å². The molecule has 3 aliphatic rings. The van der Waals surface area contributed by atoms with Crippen molar-refractivity contribution in [1.29, 1.82) is 0 Å². The number of rotatable bonds is 20. The van der Waals surface area contributed by atoms with E-state index in [1.54, 1.807) is 59.4 Å². The number of aromatic hydroxyl groups is 1. The van der Waals surface area contributed by atoms with E-state index in [0.29, 0.717) is 98.2 Å². The van der Waals surface area contributed by atoms with Crippen LogP contribution in [0.5, 0.6) is 57.5 Å². The number of likely N-dealkylation sites (N-methyl/N-ethyl adjacent to an activating group) is 2. The van der Waals surface area contributed by atoms with Crippen LogP contribution in [0.25, 0.3) is 0 Å². The van der Waals surface area contributed by atoms with Crippen LogP contribution in [0.1, 0.15) is 161 Å². The van der Waals surface area contributed by atoms with Crippen molar-refractivity contribution in [1.82, 2.24) is 9.80 Å². The number of hydrogen-bond acceptors (Lipinski definition) is 24. The van der Waals surface area contributed by atoms with E-state index in [0.717, 1.165) is 42.0 Å². The Bertz CT molecular complexity index is 4060. The van der Waals surface area contributed by atoms with Gasteiger partial charge in [0.05, 0.1) is 86.3 Å². The van der Waals surface area contributed by atoms with E-state index >= 15 is 0 Å². The maximum Gasteiger partial charge on any atom is 0.250 e. The Labute approximate surface area is 685 Å². The Balaban J connectivity index is 0.000000690. The molecule has 5 aromatic carbocycles. The number of nitrogens with two attached hydrogens (primary N) is 1. The summed E-state index contributed by atoms with van der Waals surface area (Å²) in [6, 6.07) is 22.1. The molecule has 626 valence electrons. The van der Waals surface area contributed by atoms with Crippen LogP contribution >= 0.6 is 34.8 Å². The average Bonchev–Trinajstić information content (AvgIpc) is 1.61. The normalized spacial score (nSPS) is 16.6. The third kappa shape index (κ3) is 28.8. The molecular formula is C81H127Cl3N6O18Si4. The second-order valence-corrected chi connectivity index (χ2v) is 53.3. The summed E-state index contributed by atoms with van der Waals surface area (Å²) >= 11 is 18.7. The summed E-state index contributed by atoms with van der Waals surface area (Å²) in [5.41, 5.74) is 4.38. The number of aldehydes is 2. The molecule has 2 fully saturated rings. The molecule has 2 saturated heterocycles. The molecule has 0 aliphatic carbocycles. The number of phenols is 1. The number of carbonyl (C=O) groups excluding carboxylic acids is 4. The van der Waals surface area contributed by atoms with Gasteiger partial charge in [0.25, 0.3) is 16.6 Å². The number of likely N-dealkylation sites (tertiary alicyclic amines) is 2. The molecule has 3 heterocycles. The highest BCUT2D eigenvalue weighted by Gasteiger charge is 2.51. The summed E-state index contributed by atoms with van der Waals surface area (Å²) in [4.78, 5) is 54.0. The molecule has 0 radical (unpaired) electrons. The van der Waals surface area contributed by atoms with E-state index < -0.39 is 38.9 Å². The predicted molar refractivity (Wildman–Crippen MR) is 463 cm³/mol. The van der Waals surface area contributed by atoms with Gasteiger partial charge < -0.3 is 67.0 Å². The largest absolute Gasteiger partial charge is 0.543 e. The maximum absolute atomic E-state index is 11.9. The minimum absolute atomic E-state index is 0. The van der Waals surface area contributed by atoms with Crippen molar-refractivity contribution >= 4 is 109 Å². The van der Waals surface area contributed by atoms with Gasteiger partial charge in [-0.15, -0.1) is 0 Å². The van der Waals surface area contributed by atoms with Gasteiger partial charge in [0.15, 0.2) is 23.3 Å². The van der Waals surface area contributed by atoms with Crippen LogP contribution in [0, 0.1) is 0 Å². The lowest BCUT2D eigenvalue weighted by Gasteiger charge is -2.36. The van der Waals surface area contributed by atoms with Gasteiger partial charge in [0, 0.05) is 67.4 Å². The number of phenolic OH excluding ortho intramolecular Hbond substituents is 1. The number of ether oxygens (including phenoxy) is 5. The minimum Gasteiger partial charge on any atom is -0.543 e. The Kier molecular flexibility index (Phi) is 39.6. The topological polar surface area (TPSA) is 311 Å². The highest BCUT2D eigenvalue weighted by atomic mass is 35.5. The first-order chi connectivity index (χ1) is 51.1. The number of nitrogens with zero attached hydrogens (tertiary/aromatic N) is 5. The molecule has 5 aromatic rings. The standard InChI is InChI=1S/C22H33ClN2O4Si.C14H21Cl2NO3Si.C14H23NO3Si.C14H22O3Si.C8H13NO.C8H8O3.CH4.H3NO/c1-14(26)18-12-22(13-25(18)5)11-17(24-29-22)15-9-16(23)20(10-19(15)27-6)28-30(7,8)21(2,3)4;1-14(2,3)21(5,6)20-12-8-11(19-4)9(7-10(12)15)13(16)17-18;1-14(2,3)19(5,6)18-12-8-7-11(10-15-16)13(9-12)17-4;1-14(2,3)18(5,6)17-12-8-7-11(10-15)13(9-12)16-4;1-6-4-8(7(2)10)9(3)5-6;1-11-8-4-7(10)3-2-6(8)5-9;;1-2/h9-10,18H,11-13H2,1-8H3;7-8,18H,1-6H3;7-10,16H,1-6H3;7-10H,1-6H3;8H,1,4-5H2,2-3H3;2-5,10H,1H3;1H4;2H,1H2/b;17-13-;15-10+;;;;;. The lowest BCUT2D eigenvalue weighted by atomic mass is 9.91. The molecule has 3 unspecified atom stereocenters. The molecular weight excluding hydrogens is 1560 g/mol. The molecule has 1 spiro atoms. The highest BCUT2D eigenvalue weighted by Crippen LogP contribution is 2.47. The molecule has 0 amide bonds. The lowest BCUT2D eigenvalue weighted by Crippen LogP contribution is -2.43. The number of methoxy groups -OCH3 is 5. The molecule has 24 nitrogen and oxygen atoms in total. The summed E-state index contributed by atoms with van der Waals surface area (Å²) in [6.07, 6.45) is 4.90. The van der Waals surface area contributed by atoms with E-state index in [-0.39, 0.29) is 62.2 Å². The molecule has 0 aromatic heterocycles. The van der Waals surface area contributed by atoms with Crippen LogP contribution in [0.2, 0.25) is 82.6 Å². The van der Waals surface area contributed by atoms with E-state index in [2.05, 4.69) is 163 Å².